The molecule has 0 atom stereocenters. The van der Waals surface area contributed by atoms with E-state index in [1.54, 1.807) is 6.07 Å². The summed E-state index contributed by atoms with van der Waals surface area (Å²) in [6, 6.07) is 8.18. The fourth-order valence-corrected chi connectivity index (χ4v) is 8.23. The van der Waals surface area contributed by atoms with E-state index in [2.05, 4.69) is 13.0 Å². The molecule has 2 aromatic rings. The topological polar surface area (TPSA) is 0 Å². The van der Waals surface area contributed by atoms with Crippen molar-refractivity contribution in [2.75, 3.05) is 0 Å². The van der Waals surface area contributed by atoms with Crippen molar-refractivity contribution in [3.05, 3.63) is 70.3 Å². The van der Waals surface area contributed by atoms with Gasteiger partial charge in [-0.2, -0.15) is 0 Å². The third kappa shape index (κ3) is 6.91. The molecule has 0 radical (unpaired) electrons. The summed E-state index contributed by atoms with van der Waals surface area (Å²) in [7, 11) is 0. The number of hydrogen-bond donors (Lipinski definition) is 0. The molecule has 0 heterocycles. The number of rotatable bonds is 8. The van der Waals surface area contributed by atoms with E-state index in [-0.39, 0.29) is 17.7 Å². The summed E-state index contributed by atoms with van der Waals surface area (Å²) in [6.07, 6.45) is 19.2. The number of hydrogen-bond acceptors (Lipinski definition) is 0. The molecule has 0 aliphatic heterocycles. The molecule has 0 saturated heterocycles. The lowest BCUT2D eigenvalue weighted by atomic mass is 9.68. The molecule has 0 aromatic heterocycles. The van der Waals surface area contributed by atoms with Gasteiger partial charge in [-0.05, 0) is 135 Å². The first-order valence-electron chi connectivity index (χ1n) is 15.9. The molecule has 39 heavy (non-hydrogen) atoms. The molecule has 0 N–H and O–H groups in total. The first-order valence-corrected chi connectivity index (χ1v) is 15.9. The molecule has 3 fully saturated rings. The maximum Gasteiger partial charge on any atom is 0.194 e. The summed E-state index contributed by atoms with van der Waals surface area (Å²) in [6.45, 7) is 2.29. The van der Waals surface area contributed by atoms with Crippen LogP contribution in [0.3, 0.4) is 0 Å². The molecule has 3 aliphatic rings. The van der Waals surface area contributed by atoms with Crippen LogP contribution in [0, 0.1) is 41.0 Å². The second kappa shape index (κ2) is 13.2. The number of benzene rings is 2. The summed E-state index contributed by atoms with van der Waals surface area (Å²) >= 11 is 0. The Morgan fingerprint density at radius 3 is 1.67 bits per heavy atom. The van der Waals surface area contributed by atoms with E-state index >= 15 is 4.39 Å². The number of unbranched alkanes of at least 4 members (excludes halogenated alkanes) is 2. The lowest BCUT2D eigenvalue weighted by Crippen LogP contribution is -2.25. The molecule has 3 saturated carbocycles. The SMILES string of the molecule is CCCCCC1CCC(C2CCC(c3ccc([C@H]4CC[C@H](c5cc(F)c(F)c(F)c5)CC4)c(F)c3)CC2)CC1. The average Bonchev–Trinajstić information content (AvgIpc) is 2.96. The highest BCUT2D eigenvalue weighted by Gasteiger charge is 2.32. The van der Waals surface area contributed by atoms with Crippen LogP contribution in [0.1, 0.15) is 144 Å². The quantitative estimate of drug-likeness (QED) is 0.177. The third-order valence-electron chi connectivity index (χ3n) is 10.7. The first-order chi connectivity index (χ1) is 18.9. The summed E-state index contributed by atoms with van der Waals surface area (Å²) in [5, 5.41) is 0. The Bertz CT molecular complexity index is 1050. The van der Waals surface area contributed by atoms with Gasteiger partial charge < -0.3 is 0 Å². The van der Waals surface area contributed by atoms with Crippen LogP contribution in [-0.4, -0.2) is 0 Å². The van der Waals surface area contributed by atoms with Crippen molar-refractivity contribution in [1.29, 1.82) is 0 Å². The molecule has 3 aliphatic carbocycles. The van der Waals surface area contributed by atoms with Crippen molar-refractivity contribution in [2.45, 2.75) is 127 Å². The van der Waals surface area contributed by atoms with Gasteiger partial charge in [-0.1, -0.05) is 57.6 Å². The van der Waals surface area contributed by atoms with E-state index in [1.165, 1.54) is 77.0 Å². The Labute approximate surface area is 233 Å². The van der Waals surface area contributed by atoms with Crippen molar-refractivity contribution < 1.29 is 17.6 Å². The fourth-order valence-electron chi connectivity index (χ4n) is 8.23. The van der Waals surface area contributed by atoms with Gasteiger partial charge in [-0.25, -0.2) is 17.6 Å². The van der Waals surface area contributed by atoms with Crippen LogP contribution in [0.4, 0.5) is 17.6 Å². The Morgan fingerprint density at radius 2 is 1.08 bits per heavy atom. The molecule has 0 amide bonds. The molecule has 0 bridgehead atoms. The van der Waals surface area contributed by atoms with E-state index in [0.717, 1.165) is 66.7 Å². The van der Waals surface area contributed by atoms with E-state index in [1.807, 2.05) is 6.07 Å². The van der Waals surface area contributed by atoms with Crippen molar-refractivity contribution in [1.82, 2.24) is 0 Å². The van der Waals surface area contributed by atoms with Gasteiger partial charge in [0.15, 0.2) is 17.5 Å². The Balaban J connectivity index is 1.10. The van der Waals surface area contributed by atoms with Crippen molar-refractivity contribution in [3.63, 3.8) is 0 Å². The second-order valence-corrected chi connectivity index (χ2v) is 13.0. The summed E-state index contributed by atoms with van der Waals surface area (Å²) in [4.78, 5) is 0. The molecule has 214 valence electrons. The normalized spacial score (nSPS) is 29.9. The maximum absolute atomic E-state index is 15.3. The van der Waals surface area contributed by atoms with Gasteiger partial charge in [-0.3, -0.25) is 0 Å². The smallest absolute Gasteiger partial charge is 0.194 e. The van der Waals surface area contributed by atoms with Gasteiger partial charge in [0, 0.05) is 0 Å². The van der Waals surface area contributed by atoms with Gasteiger partial charge in [0.2, 0.25) is 0 Å². The minimum atomic E-state index is -1.41. The largest absolute Gasteiger partial charge is 0.207 e. The highest BCUT2D eigenvalue weighted by Crippen LogP contribution is 2.46. The van der Waals surface area contributed by atoms with Crippen LogP contribution in [0.2, 0.25) is 0 Å². The van der Waals surface area contributed by atoms with E-state index in [9.17, 15) is 13.2 Å². The molecule has 2 aromatic carbocycles. The van der Waals surface area contributed by atoms with Gasteiger partial charge >= 0.3 is 0 Å². The Hall–Kier alpha value is -1.84. The molecular formula is C35H46F4. The van der Waals surface area contributed by atoms with Gasteiger partial charge in [-0.15, -0.1) is 0 Å². The lowest BCUT2D eigenvalue weighted by Gasteiger charge is -2.38. The number of halogens is 4. The van der Waals surface area contributed by atoms with Gasteiger partial charge in [0.05, 0.1) is 0 Å². The van der Waals surface area contributed by atoms with Gasteiger partial charge in [0.25, 0.3) is 0 Å². The zero-order valence-corrected chi connectivity index (χ0v) is 23.7. The zero-order chi connectivity index (χ0) is 27.4. The highest BCUT2D eigenvalue weighted by molar-refractivity contribution is 5.31. The van der Waals surface area contributed by atoms with E-state index < -0.39 is 17.5 Å². The van der Waals surface area contributed by atoms with Crippen molar-refractivity contribution in [2.24, 2.45) is 17.8 Å². The Morgan fingerprint density at radius 1 is 0.564 bits per heavy atom. The molecule has 4 heteroatoms. The lowest BCUT2D eigenvalue weighted by molar-refractivity contribution is 0.155. The first kappa shape index (κ1) is 28.7. The van der Waals surface area contributed by atoms with Crippen LogP contribution in [0.5, 0.6) is 0 Å². The predicted molar refractivity (Wildman–Crippen MR) is 151 cm³/mol. The zero-order valence-electron chi connectivity index (χ0n) is 23.7. The van der Waals surface area contributed by atoms with Crippen LogP contribution in [0.25, 0.3) is 0 Å². The fraction of sp³-hybridized carbons (Fsp3) is 0.657. The molecular weight excluding hydrogens is 496 g/mol. The average molecular weight is 543 g/mol. The van der Waals surface area contributed by atoms with E-state index in [0.29, 0.717) is 11.5 Å². The highest BCUT2D eigenvalue weighted by atomic mass is 19.2. The molecule has 5 rings (SSSR count). The minimum absolute atomic E-state index is 0.0144. The molecule has 0 unspecified atom stereocenters. The maximum atomic E-state index is 15.3. The molecule has 0 spiro atoms. The summed E-state index contributed by atoms with van der Waals surface area (Å²) in [5.74, 6) is -0.463. The Kier molecular flexibility index (Phi) is 9.72. The standard InChI is InChI=1S/C35H46F4/c1-2-3-4-5-23-6-8-24(9-7-23)25-10-12-26(13-11-25)29-18-19-31(32(36)20-29)28-16-14-27(15-17-28)30-21-33(37)35(39)34(38)22-30/h18-28H,2-17H2,1H3/t23?,24?,25?,26?,27-,28-. The summed E-state index contributed by atoms with van der Waals surface area (Å²) in [5.41, 5.74) is 2.44. The van der Waals surface area contributed by atoms with E-state index in [4.69, 9.17) is 0 Å². The minimum Gasteiger partial charge on any atom is -0.207 e. The van der Waals surface area contributed by atoms with Gasteiger partial charge in [0.1, 0.15) is 5.82 Å². The van der Waals surface area contributed by atoms with Crippen molar-refractivity contribution in [3.8, 4) is 0 Å². The monoisotopic (exact) mass is 542 g/mol. The van der Waals surface area contributed by atoms with Crippen molar-refractivity contribution >= 4 is 0 Å². The van der Waals surface area contributed by atoms with Crippen LogP contribution in [-0.2, 0) is 0 Å². The second-order valence-electron chi connectivity index (χ2n) is 13.0. The van der Waals surface area contributed by atoms with Crippen LogP contribution >= 0.6 is 0 Å². The van der Waals surface area contributed by atoms with Crippen LogP contribution < -0.4 is 0 Å². The third-order valence-corrected chi connectivity index (χ3v) is 10.7. The summed E-state index contributed by atoms with van der Waals surface area (Å²) < 4.78 is 56.1. The molecule has 0 nitrogen and oxygen atoms in total. The predicted octanol–water partition coefficient (Wildman–Crippen LogP) is 11.3. The van der Waals surface area contributed by atoms with Crippen LogP contribution in [0.15, 0.2) is 30.3 Å².